The second-order valence-electron chi connectivity index (χ2n) is 4.85. The lowest BCUT2D eigenvalue weighted by atomic mass is 10.2. The minimum atomic E-state index is -0.0293. The van der Waals surface area contributed by atoms with E-state index in [2.05, 4.69) is 4.98 Å². The van der Waals surface area contributed by atoms with Crippen molar-refractivity contribution in [3.63, 3.8) is 0 Å². The van der Waals surface area contributed by atoms with Crippen molar-refractivity contribution < 1.29 is 4.79 Å². The van der Waals surface area contributed by atoms with Crippen LogP contribution in [0, 0.1) is 0 Å². The van der Waals surface area contributed by atoms with E-state index in [0.29, 0.717) is 0 Å². The Labute approximate surface area is 122 Å². The zero-order valence-corrected chi connectivity index (χ0v) is 12.5. The van der Waals surface area contributed by atoms with E-state index in [4.69, 9.17) is 0 Å². The Hall–Kier alpha value is -1.49. The number of unbranched alkanes of at least 4 members (excludes halogenated alkanes) is 3. The molecular weight excluding hydrogens is 272 g/mol. The number of rotatable bonds is 7. The molecule has 108 valence electrons. The molecule has 2 aromatic rings. The van der Waals surface area contributed by atoms with Gasteiger partial charge in [-0.05, 0) is 25.0 Å². The largest absolute Gasteiger partial charge is 0.326 e. The molecule has 0 fully saturated rings. The lowest BCUT2D eigenvalue weighted by molar-refractivity contribution is -0.109. The summed E-state index contributed by atoms with van der Waals surface area (Å²) in [5.74, 6) is 0.905. The van der Waals surface area contributed by atoms with Crippen molar-refractivity contribution in [3.05, 3.63) is 34.7 Å². The van der Waals surface area contributed by atoms with Crippen LogP contribution >= 0.6 is 11.8 Å². The standard InChI is InChI=1S/C15H20N2O2S/c1-12(18)20-11-7-3-2-6-10-17-14-9-5-4-8-13(14)16-15(17)19/h4-5,8-9H,2-3,6-7,10-11H2,1H3,(H,16,19). The fourth-order valence-corrected chi connectivity index (χ4v) is 2.91. The number of carbonyl (C=O) groups is 1. The van der Waals surface area contributed by atoms with Crippen LogP contribution in [0.5, 0.6) is 0 Å². The maximum absolute atomic E-state index is 11.8. The number of para-hydroxylation sites is 2. The highest BCUT2D eigenvalue weighted by Crippen LogP contribution is 2.12. The summed E-state index contributed by atoms with van der Waals surface area (Å²) in [5, 5.41) is 0.190. The van der Waals surface area contributed by atoms with Gasteiger partial charge in [-0.3, -0.25) is 9.36 Å². The monoisotopic (exact) mass is 292 g/mol. The predicted molar refractivity (Wildman–Crippen MR) is 84.2 cm³/mol. The molecular formula is C15H20N2O2S. The maximum Gasteiger partial charge on any atom is 0.326 e. The number of thioether (sulfide) groups is 1. The van der Waals surface area contributed by atoms with Gasteiger partial charge in [0.1, 0.15) is 0 Å². The van der Waals surface area contributed by atoms with Gasteiger partial charge < -0.3 is 4.98 Å². The van der Waals surface area contributed by atoms with E-state index >= 15 is 0 Å². The van der Waals surface area contributed by atoms with E-state index in [1.165, 1.54) is 11.8 Å². The number of nitrogens with zero attached hydrogens (tertiary/aromatic N) is 1. The average molecular weight is 292 g/mol. The fraction of sp³-hybridized carbons (Fsp3) is 0.467. The van der Waals surface area contributed by atoms with Gasteiger partial charge in [0.05, 0.1) is 11.0 Å². The minimum absolute atomic E-state index is 0.0293. The zero-order chi connectivity index (χ0) is 14.4. The summed E-state index contributed by atoms with van der Waals surface area (Å²) in [6.07, 6.45) is 4.25. The van der Waals surface area contributed by atoms with Crippen LogP contribution in [0.2, 0.25) is 0 Å². The molecule has 0 aliphatic rings. The van der Waals surface area contributed by atoms with Gasteiger partial charge in [-0.1, -0.05) is 36.7 Å². The molecule has 1 aromatic heterocycles. The van der Waals surface area contributed by atoms with Crippen molar-refractivity contribution in [1.29, 1.82) is 0 Å². The van der Waals surface area contributed by atoms with Gasteiger partial charge in [0.25, 0.3) is 0 Å². The Bertz CT molecular complexity index is 630. The van der Waals surface area contributed by atoms with E-state index in [0.717, 1.165) is 49.0 Å². The first-order chi connectivity index (χ1) is 9.68. The second kappa shape index (κ2) is 7.33. The number of imidazole rings is 1. The zero-order valence-electron chi connectivity index (χ0n) is 11.7. The molecule has 0 unspecified atom stereocenters. The van der Waals surface area contributed by atoms with Crippen LogP contribution < -0.4 is 5.69 Å². The molecule has 5 heteroatoms. The minimum Gasteiger partial charge on any atom is -0.306 e. The van der Waals surface area contributed by atoms with E-state index in [1.54, 1.807) is 11.5 Å². The summed E-state index contributed by atoms with van der Waals surface area (Å²) in [4.78, 5) is 25.5. The third-order valence-electron chi connectivity index (χ3n) is 3.26. The summed E-state index contributed by atoms with van der Waals surface area (Å²) < 4.78 is 1.81. The Morgan fingerprint density at radius 1 is 1.20 bits per heavy atom. The summed E-state index contributed by atoms with van der Waals surface area (Å²) >= 11 is 1.39. The Morgan fingerprint density at radius 2 is 1.95 bits per heavy atom. The topological polar surface area (TPSA) is 54.9 Å². The number of fused-ring (bicyclic) bond motifs is 1. The quantitative estimate of drug-likeness (QED) is 0.797. The van der Waals surface area contributed by atoms with Crippen molar-refractivity contribution in [3.8, 4) is 0 Å². The molecule has 0 spiro atoms. The SMILES string of the molecule is CC(=O)SCCCCCCn1c(=O)[nH]c2ccccc21. The number of aromatic nitrogens is 2. The highest BCUT2D eigenvalue weighted by Gasteiger charge is 2.04. The van der Waals surface area contributed by atoms with Gasteiger partial charge in [0.2, 0.25) is 0 Å². The van der Waals surface area contributed by atoms with Crippen LogP contribution in [0.25, 0.3) is 11.0 Å². The van der Waals surface area contributed by atoms with Crippen LogP contribution in [0.1, 0.15) is 32.6 Å². The summed E-state index contributed by atoms with van der Waals surface area (Å²) in [6.45, 7) is 2.36. The van der Waals surface area contributed by atoms with Gasteiger partial charge in [0, 0.05) is 19.2 Å². The van der Waals surface area contributed by atoms with Crippen molar-refractivity contribution in [2.75, 3.05) is 5.75 Å². The average Bonchev–Trinajstić information content (AvgIpc) is 2.73. The van der Waals surface area contributed by atoms with Crippen molar-refractivity contribution >= 4 is 27.9 Å². The van der Waals surface area contributed by atoms with E-state index < -0.39 is 0 Å². The molecule has 0 aliphatic carbocycles. The van der Waals surface area contributed by atoms with Crippen LogP contribution in [-0.2, 0) is 11.3 Å². The number of H-pyrrole nitrogens is 1. The molecule has 0 amide bonds. The van der Waals surface area contributed by atoms with Gasteiger partial charge in [0.15, 0.2) is 5.12 Å². The van der Waals surface area contributed by atoms with E-state index in [-0.39, 0.29) is 10.8 Å². The van der Waals surface area contributed by atoms with Crippen molar-refractivity contribution in [2.45, 2.75) is 39.2 Å². The van der Waals surface area contributed by atoms with Crippen molar-refractivity contribution in [2.24, 2.45) is 0 Å². The number of carbonyl (C=O) groups excluding carboxylic acids is 1. The molecule has 0 saturated carbocycles. The van der Waals surface area contributed by atoms with Crippen LogP contribution in [0.3, 0.4) is 0 Å². The number of aromatic amines is 1. The molecule has 0 bridgehead atoms. The first-order valence-electron chi connectivity index (χ1n) is 6.99. The highest BCUT2D eigenvalue weighted by molar-refractivity contribution is 8.13. The summed E-state index contributed by atoms with van der Waals surface area (Å²) in [6, 6.07) is 7.77. The number of benzene rings is 1. The molecule has 0 aliphatic heterocycles. The lowest BCUT2D eigenvalue weighted by Crippen LogP contribution is -2.16. The molecule has 4 nitrogen and oxygen atoms in total. The van der Waals surface area contributed by atoms with Crippen molar-refractivity contribution in [1.82, 2.24) is 9.55 Å². The summed E-state index contributed by atoms with van der Waals surface area (Å²) in [5.41, 5.74) is 1.85. The van der Waals surface area contributed by atoms with Gasteiger partial charge in [-0.2, -0.15) is 0 Å². The fourth-order valence-electron chi connectivity index (χ4n) is 2.27. The molecule has 0 saturated heterocycles. The number of aryl methyl sites for hydroxylation is 1. The molecule has 2 rings (SSSR count). The van der Waals surface area contributed by atoms with E-state index in [9.17, 15) is 9.59 Å². The Balaban J connectivity index is 1.77. The molecule has 1 N–H and O–H groups in total. The second-order valence-corrected chi connectivity index (χ2v) is 6.13. The normalized spacial score (nSPS) is 11.1. The Morgan fingerprint density at radius 3 is 2.75 bits per heavy atom. The molecule has 1 heterocycles. The van der Waals surface area contributed by atoms with Crippen LogP contribution in [0.4, 0.5) is 0 Å². The number of nitrogens with one attached hydrogen (secondary N) is 1. The number of hydrogen-bond donors (Lipinski definition) is 1. The highest BCUT2D eigenvalue weighted by atomic mass is 32.2. The van der Waals surface area contributed by atoms with Crippen LogP contribution in [-0.4, -0.2) is 20.4 Å². The maximum atomic E-state index is 11.8. The lowest BCUT2D eigenvalue weighted by Gasteiger charge is -2.03. The predicted octanol–water partition coefficient (Wildman–Crippen LogP) is 3.17. The smallest absolute Gasteiger partial charge is 0.306 e. The van der Waals surface area contributed by atoms with Gasteiger partial charge >= 0.3 is 5.69 Å². The van der Waals surface area contributed by atoms with Gasteiger partial charge in [-0.25, -0.2) is 4.79 Å². The Kier molecular flexibility index (Phi) is 5.47. The molecule has 1 aromatic carbocycles. The molecule has 0 radical (unpaired) electrons. The molecule has 0 atom stereocenters. The number of hydrogen-bond acceptors (Lipinski definition) is 3. The first kappa shape index (κ1) is 14.9. The third-order valence-corrected chi connectivity index (χ3v) is 4.16. The third kappa shape index (κ3) is 4.00. The van der Waals surface area contributed by atoms with Crippen LogP contribution in [0.15, 0.2) is 29.1 Å². The van der Waals surface area contributed by atoms with Gasteiger partial charge in [-0.15, -0.1) is 0 Å². The summed E-state index contributed by atoms with van der Waals surface area (Å²) in [7, 11) is 0. The first-order valence-corrected chi connectivity index (χ1v) is 7.98. The van der Waals surface area contributed by atoms with E-state index in [1.807, 2.05) is 24.3 Å². The molecule has 20 heavy (non-hydrogen) atoms.